The Morgan fingerprint density at radius 1 is 1.20 bits per heavy atom. The molecule has 0 aromatic heterocycles. The molecule has 0 atom stereocenters. The molecule has 0 heterocycles. The van der Waals surface area contributed by atoms with Gasteiger partial charge in [0, 0.05) is 11.0 Å². The fraction of sp³-hybridized carbons (Fsp3) is 1.00. The van der Waals surface area contributed by atoms with Crippen LogP contribution in [0.3, 0.4) is 0 Å². The predicted octanol–water partition coefficient (Wildman–Crippen LogP) is 2.54. The lowest BCUT2D eigenvalue weighted by Gasteiger charge is -2.17. The van der Waals surface area contributed by atoms with Gasteiger partial charge in [-0.25, -0.2) is 0 Å². The fourth-order valence-corrected chi connectivity index (χ4v) is 1.61. The molecule has 0 aromatic rings. The molecule has 0 saturated carbocycles. The lowest BCUT2D eigenvalue weighted by Crippen LogP contribution is -2.26. The van der Waals surface area contributed by atoms with Crippen LogP contribution < -0.4 is 0 Å². The van der Waals surface area contributed by atoms with Crippen molar-refractivity contribution in [2.45, 2.75) is 26.7 Å². The minimum absolute atomic E-state index is 1.21. The number of hydrogen-bond acceptors (Lipinski definition) is 1. The Labute approximate surface area is 78.3 Å². The third-order valence-electron chi connectivity index (χ3n) is 1.68. The Hall–Kier alpha value is 0.690. The summed E-state index contributed by atoms with van der Waals surface area (Å²) >= 11 is 2.44. The highest BCUT2D eigenvalue weighted by Crippen LogP contribution is 1.95. The molecule has 0 aliphatic heterocycles. The van der Waals surface area contributed by atoms with Gasteiger partial charge in [0.25, 0.3) is 0 Å². The average molecular weight is 255 g/mol. The Balaban J connectivity index is 3.21. The second-order valence-electron chi connectivity index (χ2n) is 2.48. The van der Waals surface area contributed by atoms with E-state index in [4.69, 9.17) is 0 Å². The van der Waals surface area contributed by atoms with Crippen LogP contribution in [0.5, 0.6) is 0 Å². The highest BCUT2D eigenvalue weighted by molar-refractivity contribution is 14.1. The lowest BCUT2D eigenvalue weighted by atomic mass is 10.3. The third kappa shape index (κ3) is 5.47. The fourth-order valence-electron chi connectivity index (χ4n) is 0.929. The quantitative estimate of drug-likeness (QED) is 0.520. The molecule has 2 heteroatoms. The van der Waals surface area contributed by atoms with E-state index in [9.17, 15) is 0 Å². The van der Waals surface area contributed by atoms with Crippen LogP contribution >= 0.6 is 22.6 Å². The smallest absolute Gasteiger partial charge is 0.0123 e. The Kier molecular flexibility index (Phi) is 8.33. The molecule has 0 rings (SSSR count). The first-order chi connectivity index (χ1) is 4.85. The van der Waals surface area contributed by atoms with Gasteiger partial charge in [0.15, 0.2) is 0 Å². The summed E-state index contributed by atoms with van der Waals surface area (Å²) in [6.07, 6.45) is 2.67. The number of nitrogens with zero attached hydrogens (tertiary/aromatic N) is 1. The number of halogens is 1. The van der Waals surface area contributed by atoms with Gasteiger partial charge in [-0.3, -0.25) is 0 Å². The number of rotatable bonds is 6. The van der Waals surface area contributed by atoms with Gasteiger partial charge in [-0.2, -0.15) is 0 Å². The summed E-state index contributed by atoms with van der Waals surface area (Å²) in [5.41, 5.74) is 0. The van der Waals surface area contributed by atoms with Crippen LogP contribution in [-0.4, -0.2) is 29.0 Å². The molecular formula is C8H18IN. The molecule has 0 bridgehead atoms. The van der Waals surface area contributed by atoms with Gasteiger partial charge < -0.3 is 4.90 Å². The van der Waals surface area contributed by atoms with E-state index < -0.39 is 0 Å². The van der Waals surface area contributed by atoms with Crippen molar-refractivity contribution in [3.05, 3.63) is 0 Å². The third-order valence-corrected chi connectivity index (χ3v) is 2.16. The van der Waals surface area contributed by atoms with Gasteiger partial charge in [0.2, 0.25) is 0 Å². The summed E-state index contributed by atoms with van der Waals surface area (Å²) in [5, 5.41) is 0. The van der Waals surface area contributed by atoms with Crippen molar-refractivity contribution in [3.8, 4) is 0 Å². The van der Waals surface area contributed by atoms with E-state index >= 15 is 0 Å². The van der Waals surface area contributed by atoms with Crippen molar-refractivity contribution < 1.29 is 0 Å². The molecule has 0 aromatic carbocycles. The average Bonchev–Trinajstić information content (AvgIpc) is 1.98. The molecule has 1 nitrogen and oxygen atoms in total. The Bertz CT molecular complexity index is 66.3. The first kappa shape index (κ1) is 10.7. The second kappa shape index (κ2) is 7.79. The van der Waals surface area contributed by atoms with E-state index in [-0.39, 0.29) is 0 Å². The molecule has 0 aliphatic carbocycles. The standard InChI is InChI=1S/C8H18IN/c1-3-5-7-10(4-2)8-6-9/h3-8H2,1-2H3. The summed E-state index contributed by atoms with van der Waals surface area (Å²) in [6, 6.07) is 0. The zero-order valence-electron chi connectivity index (χ0n) is 7.07. The van der Waals surface area contributed by atoms with Crippen LogP contribution in [0.15, 0.2) is 0 Å². The van der Waals surface area contributed by atoms with Gasteiger partial charge in [-0.1, -0.05) is 42.9 Å². The van der Waals surface area contributed by atoms with Crippen LogP contribution in [0.1, 0.15) is 26.7 Å². The first-order valence-corrected chi connectivity index (χ1v) is 5.66. The molecule has 0 unspecified atom stereocenters. The minimum atomic E-state index is 1.21. The van der Waals surface area contributed by atoms with Gasteiger partial charge in [-0.15, -0.1) is 0 Å². The predicted molar refractivity (Wildman–Crippen MR) is 55.9 cm³/mol. The Morgan fingerprint density at radius 2 is 1.90 bits per heavy atom. The maximum Gasteiger partial charge on any atom is 0.0123 e. The molecule has 0 N–H and O–H groups in total. The van der Waals surface area contributed by atoms with Crippen LogP contribution in [0.4, 0.5) is 0 Å². The van der Waals surface area contributed by atoms with E-state index in [0.29, 0.717) is 0 Å². The zero-order valence-corrected chi connectivity index (χ0v) is 9.23. The van der Waals surface area contributed by atoms with E-state index in [0.717, 1.165) is 0 Å². The molecule has 0 radical (unpaired) electrons. The van der Waals surface area contributed by atoms with Crippen molar-refractivity contribution in [3.63, 3.8) is 0 Å². The monoisotopic (exact) mass is 255 g/mol. The summed E-state index contributed by atoms with van der Waals surface area (Å²) in [6.45, 7) is 8.25. The van der Waals surface area contributed by atoms with Crippen LogP contribution in [0.2, 0.25) is 0 Å². The van der Waals surface area contributed by atoms with E-state index in [1.165, 1.54) is 36.9 Å². The van der Waals surface area contributed by atoms with Crippen molar-refractivity contribution in [2.24, 2.45) is 0 Å². The van der Waals surface area contributed by atoms with E-state index in [2.05, 4.69) is 41.3 Å². The highest BCUT2D eigenvalue weighted by Gasteiger charge is 1.97. The molecule has 0 aliphatic rings. The van der Waals surface area contributed by atoms with Crippen molar-refractivity contribution >= 4 is 22.6 Å². The van der Waals surface area contributed by atoms with Gasteiger partial charge in [0.1, 0.15) is 0 Å². The van der Waals surface area contributed by atoms with Crippen molar-refractivity contribution in [1.29, 1.82) is 0 Å². The molecule has 62 valence electrons. The van der Waals surface area contributed by atoms with Crippen molar-refractivity contribution in [2.75, 3.05) is 24.1 Å². The lowest BCUT2D eigenvalue weighted by molar-refractivity contribution is 0.303. The van der Waals surface area contributed by atoms with Crippen LogP contribution in [-0.2, 0) is 0 Å². The molecule has 10 heavy (non-hydrogen) atoms. The minimum Gasteiger partial charge on any atom is -0.303 e. The summed E-state index contributed by atoms with van der Waals surface area (Å²) in [5.74, 6) is 0. The Morgan fingerprint density at radius 3 is 2.30 bits per heavy atom. The molecule has 0 spiro atoms. The van der Waals surface area contributed by atoms with Crippen LogP contribution in [0.25, 0.3) is 0 Å². The summed E-state index contributed by atoms with van der Waals surface area (Å²) in [4.78, 5) is 2.51. The summed E-state index contributed by atoms with van der Waals surface area (Å²) < 4.78 is 1.26. The SMILES string of the molecule is CCCCN(CC)CCI. The first-order valence-electron chi connectivity index (χ1n) is 4.13. The normalized spacial score (nSPS) is 10.8. The molecular weight excluding hydrogens is 237 g/mol. The molecule has 0 amide bonds. The number of alkyl halides is 1. The number of hydrogen-bond donors (Lipinski definition) is 0. The second-order valence-corrected chi connectivity index (χ2v) is 3.56. The van der Waals surface area contributed by atoms with Gasteiger partial charge in [0.05, 0.1) is 0 Å². The van der Waals surface area contributed by atoms with Gasteiger partial charge >= 0.3 is 0 Å². The van der Waals surface area contributed by atoms with Gasteiger partial charge in [-0.05, 0) is 19.5 Å². The zero-order chi connectivity index (χ0) is 7.82. The maximum absolute atomic E-state index is 2.51. The van der Waals surface area contributed by atoms with E-state index in [1.807, 2.05) is 0 Å². The number of unbranched alkanes of at least 4 members (excludes halogenated alkanes) is 1. The van der Waals surface area contributed by atoms with E-state index in [1.54, 1.807) is 0 Å². The summed E-state index contributed by atoms with van der Waals surface area (Å²) in [7, 11) is 0. The topological polar surface area (TPSA) is 3.24 Å². The molecule has 0 saturated heterocycles. The molecule has 0 fully saturated rings. The largest absolute Gasteiger partial charge is 0.303 e. The maximum atomic E-state index is 2.51. The highest BCUT2D eigenvalue weighted by atomic mass is 127. The van der Waals surface area contributed by atoms with Crippen LogP contribution in [0, 0.1) is 0 Å². The van der Waals surface area contributed by atoms with Crippen molar-refractivity contribution in [1.82, 2.24) is 4.90 Å².